The molecule has 19 heavy (non-hydrogen) atoms. The molecule has 2 aromatic heterocycles. The Bertz CT molecular complexity index is 756. The summed E-state index contributed by atoms with van der Waals surface area (Å²) in [5.74, 6) is 0.0768. The number of nitrogens with zero attached hydrogens (tertiary/aromatic N) is 3. The number of nitrogen functional groups attached to an aromatic ring is 1. The lowest BCUT2D eigenvalue weighted by atomic mass is 10.3. The molecular weight excluding hydrogens is 271 g/mol. The standard InChI is InChI=1S/C11H8ClFN6/c12-7-2-1-5(13)3-8(7)16-9-6-4-15-19-10(6)18-11(14)17-9/h1-4H,(H4,14,15,16,17,18,19). The van der Waals surface area contributed by atoms with E-state index in [1.165, 1.54) is 18.2 Å². The van der Waals surface area contributed by atoms with Crippen molar-refractivity contribution in [1.29, 1.82) is 0 Å². The van der Waals surface area contributed by atoms with Gasteiger partial charge in [0.25, 0.3) is 0 Å². The number of hydrogen-bond donors (Lipinski definition) is 3. The largest absolute Gasteiger partial charge is 0.368 e. The van der Waals surface area contributed by atoms with Crippen LogP contribution in [-0.2, 0) is 0 Å². The van der Waals surface area contributed by atoms with E-state index in [4.69, 9.17) is 17.3 Å². The number of aromatic amines is 1. The van der Waals surface area contributed by atoms with E-state index < -0.39 is 5.82 Å². The molecule has 2 heterocycles. The predicted octanol–water partition coefficient (Wildman–Crippen LogP) is 2.47. The molecule has 0 aliphatic heterocycles. The van der Waals surface area contributed by atoms with Gasteiger partial charge in [0.1, 0.15) is 11.6 Å². The molecule has 0 fully saturated rings. The summed E-state index contributed by atoms with van der Waals surface area (Å²) in [6.45, 7) is 0. The molecule has 0 atom stereocenters. The van der Waals surface area contributed by atoms with Gasteiger partial charge in [0, 0.05) is 0 Å². The van der Waals surface area contributed by atoms with Gasteiger partial charge in [-0.25, -0.2) is 4.39 Å². The van der Waals surface area contributed by atoms with E-state index in [-0.39, 0.29) is 5.95 Å². The molecule has 0 aliphatic rings. The van der Waals surface area contributed by atoms with Gasteiger partial charge >= 0.3 is 0 Å². The van der Waals surface area contributed by atoms with E-state index in [2.05, 4.69) is 25.5 Å². The molecule has 4 N–H and O–H groups in total. The number of anilines is 3. The molecule has 1 aromatic carbocycles. The maximum Gasteiger partial charge on any atom is 0.224 e. The number of benzene rings is 1. The number of nitrogens with one attached hydrogen (secondary N) is 2. The van der Waals surface area contributed by atoms with E-state index >= 15 is 0 Å². The highest BCUT2D eigenvalue weighted by atomic mass is 35.5. The number of H-pyrrole nitrogens is 1. The Kier molecular flexibility index (Phi) is 2.68. The summed E-state index contributed by atoms with van der Waals surface area (Å²) in [7, 11) is 0. The van der Waals surface area contributed by atoms with Gasteiger partial charge in [0.05, 0.1) is 22.3 Å². The van der Waals surface area contributed by atoms with E-state index in [1.807, 2.05) is 0 Å². The van der Waals surface area contributed by atoms with Crippen LogP contribution < -0.4 is 11.1 Å². The van der Waals surface area contributed by atoms with Gasteiger partial charge in [-0.1, -0.05) is 11.6 Å². The molecule has 0 bridgehead atoms. The average molecular weight is 279 g/mol. The Balaban J connectivity index is 2.10. The van der Waals surface area contributed by atoms with Gasteiger partial charge in [-0.15, -0.1) is 0 Å². The van der Waals surface area contributed by atoms with Crippen molar-refractivity contribution in [3.05, 3.63) is 35.2 Å². The van der Waals surface area contributed by atoms with Gasteiger partial charge in [-0.05, 0) is 18.2 Å². The highest BCUT2D eigenvalue weighted by Crippen LogP contribution is 2.28. The van der Waals surface area contributed by atoms with E-state index in [1.54, 1.807) is 6.20 Å². The minimum absolute atomic E-state index is 0.0757. The third kappa shape index (κ3) is 2.15. The van der Waals surface area contributed by atoms with Crippen LogP contribution >= 0.6 is 11.6 Å². The fourth-order valence-corrected chi connectivity index (χ4v) is 1.83. The Morgan fingerprint density at radius 2 is 2.16 bits per heavy atom. The summed E-state index contributed by atoms with van der Waals surface area (Å²) in [4.78, 5) is 8.03. The van der Waals surface area contributed by atoms with Crippen LogP contribution in [-0.4, -0.2) is 20.2 Å². The molecule has 8 heteroatoms. The molecule has 0 amide bonds. The Labute approximate surface area is 111 Å². The summed E-state index contributed by atoms with van der Waals surface area (Å²) >= 11 is 5.98. The van der Waals surface area contributed by atoms with Crippen molar-refractivity contribution < 1.29 is 4.39 Å². The van der Waals surface area contributed by atoms with Crippen molar-refractivity contribution in [3.8, 4) is 0 Å². The van der Waals surface area contributed by atoms with Crippen molar-refractivity contribution in [2.45, 2.75) is 0 Å². The normalized spacial score (nSPS) is 10.8. The SMILES string of the molecule is Nc1nc(Nc2cc(F)ccc2Cl)c2cn[nH]c2n1. The minimum atomic E-state index is -0.405. The zero-order chi connectivity index (χ0) is 13.4. The van der Waals surface area contributed by atoms with Crippen molar-refractivity contribution in [3.63, 3.8) is 0 Å². The lowest BCUT2D eigenvalue weighted by Gasteiger charge is -2.08. The number of hydrogen-bond acceptors (Lipinski definition) is 5. The molecule has 3 rings (SSSR count). The second-order valence-corrected chi connectivity index (χ2v) is 4.22. The molecule has 0 saturated heterocycles. The maximum absolute atomic E-state index is 13.2. The number of rotatable bonds is 2. The summed E-state index contributed by atoms with van der Waals surface area (Å²) in [5, 5.41) is 10.5. The summed E-state index contributed by atoms with van der Waals surface area (Å²) in [5.41, 5.74) is 6.47. The number of aromatic nitrogens is 4. The molecule has 96 valence electrons. The summed E-state index contributed by atoms with van der Waals surface area (Å²) in [6, 6.07) is 4.00. The van der Waals surface area contributed by atoms with Crippen molar-refractivity contribution >= 4 is 40.1 Å². The van der Waals surface area contributed by atoms with Gasteiger partial charge in [-0.3, -0.25) is 5.10 Å². The molecule has 0 radical (unpaired) electrons. The van der Waals surface area contributed by atoms with Crippen LogP contribution in [0.4, 0.5) is 21.8 Å². The predicted molar refractivity (Wildman–Crippen MR) is 70.8 cm³/mol. The van der Waals surface area contributed by atoms with Crippen LogP contribution in [0, 0.1) is 5.82 Å². The van der Waals surface area contributed by atoms with Crippen LogP contribution in [0.2, 0.25) is 5.02 Å². The first-order valence-corrected chi connectivity index (χ1v) is 5.70. The maximum atomic E-state index is 13.2. The third-order valence-corrected chi connectivity index (χ3v) is 2.84. The summed E-state index contributed by atoms with van der Waals surface area (Å²) < 4.78 is 13.2. The van der Waals surface area contributed by atoms with Crippen molar-refractivity contribution in [2.75, 3.05) is 11.1 Å². The molecule has 6 nitrogen and oxygen atoms in total. The third-order valence-electron chi connectivity index (χ3n) is 2.51. The number of fused-ring (bicyclic) bond motifs is 1. The fraction of sp³-hybridized carbons (Fsp3) is 0. The van der Waals surface area contributed by atoms with Crippen LogP contribution in [0.5, 0.6) is 0 Å². The van der Waals surface area contributed by atoms with Gasteiger partial charge in [0.2, 0.25) is 5.95 Å². The van der Waals surface area contributed by atoms with E-state index in [0.717, 1.165) is 0 Å². The number of halogens is 2. The molecule has 0 aliphatic carbocycles. The minimum Gasteiger partial charge on any atom is -0.368 e. The Morgan fingerprint density at radius 3 is 3.00 bits per heavy atom. The Hall–Kier alpha value is -2.41. The monoisotopic (exact) mass is 278 g/mol. The second-order valence-electron chi connectivity index (χ2n) is 3.81. The first-order valence-electron chi connectivity index (χ1n) is 5.32. The highest BCUT2D eigenvalue weighted by molar-refractivity contribution is 6.33. The van der Waals surface area contributed by atoms with Crippen LogP contribution in [0.25, 0.3) is 11.0 Å². The van der Waals surface area contributed by atoms with E-state index in [9.17, 15) is 4.39 Å². The quantitative estimate of drug-likeness (QED) is 0.670. The highest BCUT2D eigenvalue weighted by Gasteiger charge is 2.10. The van der Waals surface area contributed by atoms with Crippen LogP contribution in [0.15, 0.2) is 24.4 Å². The van der Waals surface area contributed by atoms with Gasteiger partial charge in [0.15, 0.2) is 5.65 Å². The van der Waals surface area contributed by atoms with Crippen LogP contribution in [0.1, 0.15) is 0 Å². The van der Waals surface area contributed by atoms with Crippen molar-refractivity contribution in [2.24, 2.45) is 0 Å². The Morgan fingerprint density at radius 1 is 1.32 bits per heavy atom. The molecule has 0 saturated carbocycles. The van der Waals surface area contributed by atoms with Gasteiger partial charge < -0.3 is 11.1 Å². The summed E-state index contributed by atoms with van der Waals surface area (Å²) in [6.07, 6.45) is 1.55. The molecular formula is C11H8ClFN6. The van der Waals surface area contributed by atoms with E-state index in [0.29, 0.717) is 27.6 Å². The molecule has 0 spiro atoms. The first-order chi connectivity index (χ1) is 9.13. The zero-order valence-electron chi connectivity index (χ0n) is 9.48. The fourth-order valence-electron chi connectivity index (χ4n) is 1.67. The van der Waals surface area contributed by atoms with Gasteiger partial charge in [-0.2, -0.15) is 15.1 Å². The molecule has 3 aromatic rings. The number of nitrogens with two attached hydrogens (primary N) is 1. The topological polar surface area (TPSA) is 92.5 Å². The average Bonchev–Trinajstić information content (AvgIpc) is 2.82. The van der Waals surface area contributed by atoms with Crippen LogP contribution in [0.3, 0.4) is 0 Å². The lowest BCUT2D eigenvalue weighted by molar-refractivity contribution is 0.628. The lowest BCUT2D eigenvalue weighted by Crippen LogP contribution is -2.01. The second kappa shape index (κ2) is 4.36. The molecule has 0 unspecified atom stereocenters. The zero-order valence-corrected chi connectivity index (χ0v) is 10.2. The van der Waals surface area contributed by atoms with Crippen molar-refractivity contribution in [1.82, 2.24) is 20.2 Å². The smallest absolute Gasteiger partial charge is 0.224 e. The first kappa shape index (κ1) is 11.7.